The van der Waals surface area contributed by atoms with Crippen LogP contribution in [0, 0.1) is 0 Å². The van der Waals surface area contributed by atoms with Gasteiger partial charge < -0.3 is 15.3 Å². The fourth-order valence-corrected chi connectivity index (χ4v) is 3.99. The van der Waals surface area contributed by atoms with Gasteiger partial charge in [-0.05, 0) is 37.5 Å². The number of H-pyrrole nitrogens is 1. The normalized spacial score (nSPS) is 22.7. The first-order chi connectivity index (χ1) is 12.1. The van der Waals surface area contributed by atoms with Gasteiger partial charge in [0.25, 0.3) is 0 Å². The number of aliphatic hydroxyl groups excluding tert-OH is 1. The van der Waals surface area contributed by atoms with Gasteiger partial charge in [-0.15, -0.1) is 0 Å². The topological polar surface area (TPSA) is 81.2 Å². The molecule has 1 fully saturated rings. The number of hydrogen-bond acceptors (Lipinski definition) is 3. The van der Waals surface area contributed by atoms with Gasteiger partial charge in [0.05, 0.1) is 18.3 Å². The lowest BCUT2D eigenvalue weighted by molar-refractivity contribution is 0.181. The van der Waals surface area contributed by atoms with Crippen molar-refractivity contribution in [3.8, 4) is 0 Å². The SMILES string of the molecule is O=C(Nc1cccc(Cl)c1)N1CCc2[nH]nc(C3CCC(O)C3)c2C1. The van der Waals surface area contributed by atoms with Crippen molar-refractivity contribution in [1.29, 1.82) is 0 Å². The fourth-order valence-electron chi connectivity index (χ4n) is 3.80. The van der Waals surface area contributed by atoms with E-state index in [0.717, 1.165) is 42.6 Å². The van der Waals surface area contributed by atoms with Crippen molar-refractivity contribution in [1.82, 2.24) is 15.1 Å². The molecule has 1 aromatic heterocycles. The van der Waals surface area contributed by atoms with E-state index in [1.165, 1.54) is 0 Å². The number of nitrogens with one attached hydrogen (secondary N) is 2. The number of halogens is 1. The Labute approximate surface area is 151 Å². The molecule has 6 nitrogen and oxygen atoms in total. The zero-order valence-electron chi connectivity index (χ0n) is 13.8. The first-order valence-corrected chi connectivity index (χ1v) is 9.03. The molecule has 2 atom stereocenters. The van der Waals surface area contributed by atoms with Crippen molar-refractivity contribution in [3.05, 3.63) is 46.2 Å². The lowest BCUT2D eigenvalue weighted by Crippen LogP contribution is -2.39. The molecule has 2 aliphatic rings. The van der Waals surface area contributed by atoms with E-state index < -0.39 is 0 Å². The number of anilines is 1. The molecular formula is C18H21ClN4O2. The highest BCUT2D eigenvalue weighted by molar-refractivity contribution is 6.30. The van der Waals surface area contributed by atoms with E-state index in [1.54, 1.807) is 17.0 Å². The van der Waals surface area contributed by atoms with E-state index in [-0.39, 0.29) is 18.1 Å². The zero-order chi connectivity index (χ0) is 17.4. The molecule has 25 heavy (non-hydrogen) atoms. The number of nitrogens with zero attached hydrogens (tertiary/aromatic N) is 2. The molecule has 1 aliphatic heterocycles. The predicted octanol–water partition coefficient (Wildman–Crippen LogP) is 3.28. The number of carbonyl (C=O) groups excluding carboxylic acids is 1. The lowest BCUT2D eigenvalue weighted by Gasteiger charge is -2.28. The molecule has 7 heteroatoms. The van der Waals surface area contributed by atoms with Gasteiger partial charge in [0.2, 0.25) is 0 Å². The summed E-state index contributed by atoms with van der Waals surface area (Å²) in [6.45, 7) is 1.19. The molecule has 1 aromatic carbocycles. The summed E-state index contributed by atoms with van der Waals surface area (Å²) in [6.07, 6.45) is 3.06. The summed E-state index contributed by atoms with van der Waals surface area (Å²) in [4.78, 5) is 14.4. The van der Waals surface area contributed by atoms with Crippen LogP contribution in [-0.2, 0) is 13.0 Å². The van der Waals surface area contributed by atoms with Crippen LogP contribution < -0.4 is 5.32 Å². The predicted molar refractivity (Wildman–Crippen MR) is 95.8 cm³/mol. The van der Waals surface area contributed by atoms with Crippen LogP contribution in [0.25, 0.3) is 0 Å². The Balaban J connectivity index is 1.48. The second-order valence-electron chi connectivity index (χ2n) is 6.84. The third-order valence-electron chi connectivity index (χ3n) is 5.12. The van der Waals surface area contributed by atoms with Gasteiger partial charge >= 0.3 is 6.03 Å². The van der Waals surface area contributed by atoms with Crippen molar-refractivity contribution in [2.75, 3.05) is 11.9 Å². The monoisotopic (exact) mass is 360 g/mol. The Hall–Kier alpha value is -2.05. The number of benzene rings is 1. The van der Waals surface area contributed by atoms with E-state index in [1.807, 2.05) is 12.1 Å². The third-order valence-corrected chi connectivity index (χ3v) is 5.36. The number of aromatic nitrogens is 2. The van der Waals surface area contributed by atoms with Crippen LogP contribution in [0.5, 0.6) is 0 Å². The molecule has 2 heterocycles. The number of urea groups is 1. The van der Waals surface area contributed by atoms with Crippen molar-refractivity contribution in [2.24, 2.45) is 0 Å². The van der Waals surface area contributed by atoms with E-state index >= 15 is 0 Å². The Morgan fingerprint density at radius 1 is 1.40 bits per heavy atom. The zero-order valence-corrected chi connectivity index (χ0v) is 14.6. The van der Waals surface area contributed by atoms with Crippen molar-refractivity contribution >= 4 is 23.3 Å². The van der Waals surface area contributed by atoms with Gasteiger partial charge in [-0.1, -0.05) is 17.7 Å². The van der Waals surface area contributed by atoms with Crippen LogP contribution in [-0.4, -0.2) is 38.9 Å². The summed E-state index contributed by atoms with van der Waals surface area (Å²) < 4.78 is 0. The van der Waals surface area contributed by atoms with Crippen molar-refractivity contribution < 1.29 is 9.90 Å². The molecule has 3 N–H and O–H groups in total. The number of fused-ring (bicyclic) bond motifs is 1. The highest BCUT2D eigenvalue weighted by Crippen LogP contribution is 2.37. The minimum atomic E-state index is -0.233. The average Bonchev–Trinajstić information content (AvgIpc) is 3.20. The van der Waals surface area contributed by atoms with Gasteiger partial charge in [0, 0.05) is 40.9 Å². The van der Waals surface area contributed by atoms with Gasteiger partial charge in [-0.25, -0.2) is 4.79 Å². The maximum absolute atomic E-state index is 12.6. The average molecular weight is 361 g/mol. The maximum Gasteiger partial charge on any atom is 0.322 e. The second kappa shape index (κ2) is 6.69. The molecule has 0 bridgehead atoms. The lowest BCUT2D eigenvalue weighted by atomic mass is 9.96. The summed E-state index contributed by atoms with van der Waals surface area (Å²) in [5.41, 5.74) is 3.94. The molecular weight excluding hydrogens is 340 g/mol. The number of carbonyl (C=O) groups is 1. The van der Waals surface area contributed by atoms with Gasteiger partial charge in [0.15, 0.2) is 0 Å². The molecule has 1 aliphatic carbocycles. The molecule has 1 saturated carbocycles. The molecule has 4 rings (SSSR count). The Bertz CT molecular complexity index is 791. The molecule has 2 amide bonds. The summed E-state index contributed by atoms with van der Waals surface area (Å²) in [6, 6.07) is 7.01. The summed E-state index contributed by atoms with van der Waals surface area (Å²) in [7, 11) is 0. The van der Waals surface area contributed by atoms with Crippen LogP contribution >= 0.6 is 11.6 Å². The Morgan fingerprint density at radius 2 is 2.28 bits per heavy atom. The van der Waals surface area contributed by atoms with E-state index in [2.05, 4.69) is 15.5 Å². The standard InChI is InChI=1S/C18H21ClN4O2/c19-12-2-1-3-13(9-12)20-18(25)23-7-6-16-15(10-23)17(22-21-16)11-4-5-14(24)8-11/h1-3,9,11,14,24H,4-8,10H2,(H,20,25)(H,21,22). The summed E-state index contributed by atoms with van der Waals surface area (Å²) >= 11 is 5.97. The third kappa shape index (κ3) is 3.37. The molecule has 132 valence electrons. The number of hydrogen-bond donors (Lipinski definition) is 3. The molecule has 0 saturated heterocycles. The highest BCUT2D eigenvalue weighted by Gasteiger charge is 2.32. The molecule has 0 spiro atoms. The Kier molecular flexibility index (Phi) is 4.39. The van der Waals surface area contributed by atoms with Crippen LogP contribution in [0.2, 0.25) is 5.02 Å². The first kappa shape index (κ1) is 16.4. The number of aliphatic hydroxyl groups is 1. The van der Waals surface area contributed by atoms with Gasteiger partial charge in [-0.3, -0.25) is 5.10 Å². The quantitative estimate of drug-likeness (QED) is 0.768. The minimum Gasteiger partial charge on any atom is -0.393 e. The van der Waals surface area contributed by atoms with E-state index in [0.29, 0.717) is 23.8 Å². The first-order valence-electron chi connectivity index (χ1n) is 8.65. The van der Waals surface area contributed by atoms with Gasteiger partial charge in [0.1, 0.15) is 0 Å². The van der Waals surface area contributed by atoms with Gasteiger partial charge in [-0.2, -0.15) is 5.10 Å². The summed E-state index contributed by atoms with van der Waals surface area (Å²) in [5.74, 6) is 0.283. The fraction of sp³-hybridized carbons (Fsp3) is 0.444. The maximum atomic E-state index is 12.6. The molecule has 2 aromatic rings. The number of rotatable bonds is 2. The second-order valence-corrected chi connectivity index (χ2v) is 7.28. The van der Waals surface area contributed by atoms with Crippen LogP contribution in [0.4, 0.5) is 10.5 Å². The largest absolute Gasteiger partial charge is 0.393 e. The van der Waals surface area contributed by atoms with E-state index in [4.69, 9.17) is 11.6 Å². The van der Waals surface area contributed by atoms with Crippen LogP contribution in [0.15, 0.2) is 24.3 Å². The number of aromatic amines is 1. The highest BCUT2D eigenvalue weighted by atomic mass is 35.5. The van der Waals surface area contributed by atoms with Crippen LogP contribution in [0.1, 0.15) is 42.1 Å². The molecule has 2 unspecified atom stereocenters. The molecule has 0 radical (unpaired) electrons. The summed E-state index contributed by atoms with van der Waals surface area (Å²) in [5, 5.41) is 20.9. The Morgan fingerprint density at radius 3 is 3.04 bits per heavy atom. The van der Waals surface area contributed by atoms with Crippen molar-refractivity contribution in [3.63, 3.8) is 0 Å². The smallest absolute Gasteiger partial charge is 0.322 e. The minimum absolute atomic E-state index is 0.133. The number of amides is 2. The van der Waals surface area contributed by atoms with Crippen LogP contribution in [0.3, 0.4) is 0 Å². The van der Waals surface area contributed by atoms with Crippen molar-refractivity contribution in [2.45, 2.75) is 44.2 Å². The van der Waals surface area contributed by atoms with E-state index in [9.17, 15) is 9.90 Å².